The second-order valence-electron chi connectivity index (χ2n) is 6.27. The van der Waals surface area contributed by atoms with E-state index in [-0.39, 0.29) is 18.7 Å². The summed E-state index contributed by atoms with van der Waals surface area (Å²) in [5, 5.41) is 15.4. The van der Waals surface area contributed by atoms with E-state index in [4.69, 9.17) is 33.0 Å². The van der Waals surface area contributed by atoms with Crippen molar-refractivity contribution in [3.8, 4) is 5.75 Å². The Morgan fingerprint density at radius 3 is 2.54 bits per heavy atom. The van der Waals surface area contributed by atoms with E-state index >= 15 is 0 Å². The summed E-state index contributed by atoms with van der Waals surface area (Å²) in [4.78, 5) is 23.5. The summed E-state index contributed by atoms with van der Waals surface area (Å²) in [7, 11) is 1.59. The van der Waals surface area contributed by atoms with E-state index in [0.717, 1.165) is 5.56 Å². The Balaban J connectivity index is 1.95. The zero-order valence-electron chi connectivity index (χ0n) is 15.1. The highest BCUT2D eigenvalue weighted by Gasteiger charge is 2.34. The first kappa shape index (κ1) is 20.2. The average Bonchev–Trinajstić information content (AvgIpc) is 3.13. The van der Waals surface area contributed by atoms with Gasteiger partial charge in [0.25, 0.3) is 0 Å². The van der Waals surface area contributed by atoms with Gasteiger partial charge < -0.3 is 9.84 Å². The fourth-order valence-corrected chi connectivity index (χ4v) is 3.48. The Kier molecular flexibility index (Phi) is 6.21. The van der Waals surface area contributed by atoms with Crippen LogP contribution in [0.1, 0.15) is 36.4 Å². The predicted octanol–water partition coefficient (Wildman–Crippen LogP) is 4.54. The van der Waals surface area contributed by atoms with Gasteiger partial charge in [0, 0.05) is 12.8 Å². The molecule has 1 heterocycles. The summed E-state index contributed by atoms with van der Waals surface area (Å²) >= 11 is 12.5. The van der Waals surface area contributed by atoms with Crippen molar-refractivity contribution in [1.82, 2.24) is 5.01 Å². The van der Waals surface area contributed by atoms with Crippen molar-refractivity contribution in [2.45, 2.75) is 25.3 Å². The summed E-state index contributed by atoms with van der Waals surface area (Å²) in [6, 6.07) is 12.1. The van der Waals surface area contributed by atoms with Crippen LogP contribution in [0.2, 0.25) is 10.0 Å². The van der Waals surface area contributed by atoms with Gasteiger partial charge in [-0.2, -0.15) is 5.10 Å². The Bertz CT molecular complexity index is 928. The van der Waals surface area contributed by atoms with Crippen molar-refractivity contribution in [2.75, 3.05) is 7.11 Å². The monoisotopic (exact) mass is 420 g/mol. The van der Waals surface area contributed by atoms with Gasteiger partial charge in [0.05, 0.1) is 35.3 Å². The van der Waals surface area contributed by atoms with Crippen molar-refractivity contribution in [3.63, 3.8) is 0 Å². The maximum atomic E-state index is 12.7. The number of benzene rings is 2. The molecule has 2 aromatic carbocycles. The summed E-state index contributed by atoms with van der Waals surface area (Å²) < 4.78 is 5.17. The minimum absolute atomic E-state index is 0.149. The molecule has 0 bridgehead atoms. The van der Waals surface area contributed by atoms with Crippen LogP contribution in [0.3, 0.4) is 0 Å². The van der Waals surface area contributed by atoms with Crippen LogP contribution in [0.25, 0.3) is 0 Å². The second kappa shape index (κ2) is 8.63. The van der Waals surface area contributed by atoms with E-state index < -0.39 is 12.0 Å². The van der Waals surface area contributed by atoms with E-state index in [1.54, 1.807) is 25.3 Å². The summed E-state index contributed by atoms with van der Waals surface area (Å²) in [6.45, 7) is 0. The fraction of sp³-hybridized carbons (Fsp3) is 0.250. The zero-order chi connectivity index (χ0) is 20.3. The van der Waals surface area contributed by atoms with Crippen LogP contribution >= 0.6 is 23.2 Å². The number of ether oxygens (including phenoxy) is 1. The molecule has 1 N–H and O–H groups in total. The topological polar surface area (TPSA) is 79.2 Å². The molecule has 146 valence electrons. The first-order valence-corrected chi connectivity index (χ1v) is 9.36. The molecule has 1 aliphatic heterocycles. The largest absolute Gasteiger partial charge is 0.497 e. The van der Waals surface area contributed by atoms with Gasteiger partial charge in [0.15, 0.2) is 0 Å². The fourth-order valence-electron chi connectivity index (χ4n) is 3.05. The van der Waals surface area contributed by atoms with E-state index in [1.165, 1.54) is 5.01 Å². The maximum absolute atomic E-state index is 12.7. The van der Waals surface area contributed by atoms with Crippen LogP contribution < -0.4 is 4.74 Å². The first-order chi connectivity index (χ1) is 13.4. The number of rotatable bonds is 6. The molecular weight excluding hydrogens is 403 g/mol. The Morgan fingerprint density at radius 1 is 1.18 bits per heavy atom. The van der Waals surface area contributed by atoms with Crippen LogP contribution in [-0.2, 0) is 9.59 Å². The third kappa shape index (κ3) is 4.29. The van der Waals surface area contributed by atoms with Gasteiger partial charge in [0.2, 0.25) is 5.91 Å². The smallest absolute Gasteiger partial charge is 0.303 e. The molecule has 1 amide bonds. The van der Waals surface area contributed by atoms with Crippen molar-refractivity contribution in [3.05, 3.63) is 63.6 Å². The number of halogens is 2. The van der Waals surface area contributed by atoms with Crippen LogP contribution in [0.5, 0.6) is 5.75 Å². The van der Waals surface area contributed by atoms with Gasteiger partial charge in [-0.25, -0.2) is 5.01 Å². The maximum Gasteiger partial charge on any atom is 0.303 e. The lowest BCUT2D eigenvalue weighted by atomic mass is 9.98. The highest BCUT2D eigenvalue weighted by atomic mass is 35.5. The molecule has 1 atom stereocenters. The number of hydrazone groups is 1. The molecule has 0 spiro atoms. The summed E-state index contributed by atoms with van der Waals surface area (Å²) in [6.07, 6.45) is 0.0212. The van der Waals surface area contributed by atoms with E-state index in [0.29, 0.717) is 33.5 Å². The van der Waals surface area contributed by atoms with Crippen LogP contribution in [0.4, 0.5) is 0 Å². The molecule has 1 aliphatic rings. The van der Waals surface area contributed by atoms with Crippen LogP contribution in [0.15, 0.2) is 47.6 Å². The van der Waals surface area contributed by atoms with E-state index in [9.17, 15) is 9.59 Å². The van der Waals surface area contributed by atoms with Gasteiger partial charge in [0.1, 0.15) is 5.75 Å². The predicted molar refractivity (Wildman–Crippen MR) is 107 cm³/mol. The van der Waals surface area contributed by atoms with E-state index in [2.05, 4.69) is 5.10 Å². The van der Waals surface area contributed by atoms with Gasteiger partial charge >= 0.3 is 5.97 Å². The number of hydrogen-bond acceptors (Lipinski definition) is 4. The Labute approximate surface area is 172 Å². The normalized spacial score (nSPS) is 16.0. The second-order valence-corrected chi connectivity index (χ2v) is 7.06. The van der Waals surface area contributed by atoms with Gasteiger partial charge in [-0.05, 0) is 41.5 Å². The van der Waals surface area contributed by atoms with Crippen molar-refractivity contribution < 1.29 is 19.4 Å². The van der Waals surface area contributed by atoms with Gasteiger partial charge in [-0.3, -0.25) is 9.59 Å². The number of methoxy groups -OCH3 is 1. The summed E-state index contributed by atoms with van der Waals surface area (Å²) in [5.41, 5.74) is 2.22. The quantitative estimate of drug-likeness (QED) is 0.743. The zero-order valence-corrected chi connectivity index (χ0v) is 16.6. The van der Waals surface area contributed by atoms with Crippen LogP contribution in [-0.4, -0.2) is 34.8 Å². The number of aliphatic carboxylic acids is 1. The molecule has 0 aromatic heterocycles. The van der Waals surface area contributed by atoms with Gasteiger partial charge in [-0.15, -0.1) is 0 Å². The summed E-state index contributed by atoms with van der Waals surface area (Å²) in [5.74, 6) is -0.706. The number of hydrogen-bond donors (Lipinski definition) is 1. The lowest BCUT2D eigenvalue weighted by molar-refractivity contribution is -0.141. The SMILES string of the molecule is COc1ccc(C2=NN(C(=O)CCC(=O)O)[C@@H](c3cccc(Cl)c3Cl)C2)cc1. The third-order valence-corrected chi connectivity index (χ3v) is 5.32. The number of carboxylic acids is 1. The molecule has 0 aliphatic carbocycles. The Morgan fingerprint density at radius 2 is 1.89 bits per heavy atom. The number of carbonyl (C=O) groups excluding carboxylic acids is 1. The lowest BCUT2D eigenvalue weighted by Crippen LogP contribution is -2.27. The Hall–Kier alpha value is -2.57. The molecule has 0 saturated carbocycles. The highest BCUT2D eigenvalue weighted by molar-refractivity contribution is 6.42. The standard InChI is InChI=1S/C20H18Cl2N2O4/c1-28-13-7-5-12(6-8-13)16-11-17(14-3-2-4-15(21)20(14)22)24(23-16)18(25)9-10-19(26)27/h2-8,17H,9-11H2,1H3,(H,26,27)/t17-/m1/s1. The molecule has 28 heavy (non-hydrogen) atoms. The highest BCUT2D eigenvalue weighted by Crippen LogP contribution is 2.39. The molecule has 0 unspecified atom stereocenters. The number of carbonyl (C=O) groups is 2. The van der Waals surface area contributed by atoms with Crippen molar-refractivity contribution in [1.29, 1.82) is 0 Å². The molecule has 2 aromatic rings. The average molecular weight is 421 g/mol. The van der Waals surface area contributed by atoms with Crippen LogP contribution in [0, 0.1) is 0 Å². The third-order valence-electron chi connectivity index (χ3n) is 4.48. The van der Waals surface area contributed by atoms with E-state index in [1.807, 2.05) is 24.3 Å². The molecular formula is C20H18Cl2N2O4. The minimum atomic E-state index is -1.04. The first-order valence-electron chi connectivity index (χ1n) is 8.60. The molecule has 3 rings (SSSR count). The van der Waals surface area contributed by atoms with Gasteiger partial charge in [-0.1, -0.05) is 35.3 Å². The van der Waals surface area contributed by atoms with Crippen molar-refractivity contribution >= 4 is 40.8 Å². The van der Waals surface area contributed by atoms with Crippen molar-refractivity contribution in [2.24, 2.45) is 5.10 Å². The molecule has 8 heteroatoms. The number of carboxylic acid groups (broad SMARTS) is 1. The molecule has 0 saturated heterocycles. The molecule has 0 radical (unpaired) electrons. The molecule has 6 nitrogen and oxygen atoms in total. The number of amides is 1. The molecule has 0 fully saturated rings. The number of nitrogens with zero attached hydrogens (tertiary/aromatic N) is 2. The lowest BCUT2D eigenvalue weighted by Gasteiger charge is -2.23. The minimum Gasteiger partial charge on any atom is -0.497 e.